The Bertz CT molecular complexity index is 1340. The van der Waals surface area contributed by atoms with E-state index >= 15 is 0 Å². The van der Waals surface area contributed by atoms with E-state index < -0.39 is 27.7 Å². The number of carbonyl (C=O) groups excluding carboxylic acids is 1. The second kappa shape index (κ2) is 10.0. The van der Waals surface area contributed by atoms with Gasteiger partial charge in [-0.25, -0.2) is 27.0 Å². The Morgan fingerprint density at radius 3 is 2.50 bits per heavy atom. The van der Waals surface area contributed by atoms with Gasteiger partial charge in [0.25, 0.3) is 5.91 Å². The number of sulfonamides is 1. The van der Waals surface area contributed by atoms with Gasteiger partial charge in [0.1, 0.15) is 16.5 Å². The van der Waals surface area contributed by atoms with Crippen LogP contribution >= 0.6 is 0 Å². The Labute approximate surface area is 195 Å². The summed E-state index contributed by atoms with van der Waals surface area (Å²) in [7, 11) is -2.67. The third-order valence-corrected chi connectivity index (χ3v) is 6.01. The summed E-state index contributed by atoms with van der Waals surface area (Å²) in [5.74, 6) is -2.89. The highest BCUT2D eigenvalue weighted by molar-refractivity contribution is 7.89. The number of hydrogen-bond donors (Lipinski definition) is 3. The first-order valence-corrected chi connectivity index (χ1v) is 11.6. The predicted molar refractivity (Wildman–Crippen MR) is 121 cm³/mol. The summed E-state index contributed by atoms with van der Waals surface area (Å²) in [4.78, 5) is 23.4. The Balaban J connectivity index is 1.99. The Morgan fingerprint density at radius 1 is 1.18 bits per heavy atom. The zero-order valence-corrected chi connectivity index (χ0v) is 19.4. The van der Waals surface area contributed by atoms with E-state index in [9.17, 15) is 22.4 Å². The lowest BCUT2D eigenvalue weighted by molar-refractivity contribution is 0.0689. The van der Waals surface area contributed by atoms with E-state index in [1.165, 1.54) is 43.4 Å². The van der Waals surface area contributed by atoms with Gasteiger partial charge in [0, 0.05) is 25.3 Å². The van der Waals surface area contributed by atoms with Crippen LogP contribution in [0.15, 0.2) is 53.4 Å². The average Bonchev–Trinajstić information content (AvgIpc) is 3.14. The highest BCUT2D eigenvalue weighted by atomic mass is 32.2. The molecule has 3 aromatic rings. The lowest BCUT2D eigenvalue weighted by atomic mass is 10.2. The van der Waals surface area contributed by atoms with E-state index in [0.717, 1.165) is 16.8 Å². The number of halogens is 1. The smallest absolute Gasteiger partial charge is 0.356 e. The number of hydrogen-bond acceptors (Lipinski definition) is 6. The van der Waals surface area contributed by atoms with Crippen molar-refractivity contribution in [2.45, 2.75) is 18.7 Å². The molecule has 1 aromatic heterocycles. The van der Waals surface area contributed by atoms with Crippen molar-refractivity contribution in [3.63, 3.8) is 0 Å². The van der Waals surface area contributed by atoms with Crippen LogP contribution < -0.4 is 14.8 Å². The molecular weight excluding hydrogens is 467 g/mol. The molecule has 0 bridgehead atoms. The van der Waals surface area contributed by atoms with Crippen LogP contribution in [0.5, 0.6) is 11.6 Å². The summed E-state index contributed by atoms with van der Waals surface area (Å²) < 4.78 is 49.3. The summed E-state index contributed by atoms with van der Waals surface area (Å²) in [6, 6.07) is 10.4. The number of aryl methyl sites for hydroxylation is 1. The molecule has 3 rings (SSSR count). The molecule has 1 amide bonds. The van der Waals surface area contributed by atoms with Crippen LogP contribution in [-0.4, -0.2) is 41.7 Å². The van der Waals surface area contributed by atoms with Crippen molar-refractivity contribution in [2.24, 2.45) is 13.0 Å². The van der Waals surface area contributed by atoms with Gasteiger partial charge < -0.3 is 15.2 Å². The van der Waals surface area contributed by atoms with Gasteiger partial charge in [0.15, 0.2) is 5.69 Å². The van der Waals surface area contributed by atoms with Crippen LogP contribution in [0.2, 0.25) is 0 Å². The van der Waals surface area contributed by atoms with Gasteiger partial charge in [-0.1, -0.05) is 26.0 Å². The van der Waals surface area contributed by atoms with Crippen molar-refractivity contribution >= 4 is 27.6 Å². The van der Waals surface area contributed by atoms with Crippen molar-refractivity contribution in [3.8, 4) is 11.6 Å². The fraction of sp³-hybridized carbons (Fsp3) is 0.227. The molecule has 0 atom stereocenters. The summed E-state index contributed by atoms with van der Waals surface area (Å²) in [5, 5.41) is 15.4. The van der Waals surface area contributed by atoms with Gasteiger partial charge >= 0.3 is 5.97 Å². The van der Waals surface area contributed by atoms with Crippen LogP contribution in [0.3, 0.4) is 0 Å². The molecule has 10 nitrogen and oxygen atoms in total. The van der Waals surface area contributed by atoms with Gasteiger partial charge in [-0.05, 0) is 36.2 Å². The molecule has 34 heavy (non-hydrogen) atoms. The number of carboxylic acid groups (broad SMARTS) is 1. The minimum absolute atomic E-state index is 0.0123. The first-order chi connectivity index (χ1) is 16.0. The van der Waals surface area contributed by atoms with E-state index in [2.05, 4.69) is 15.1 Å². The number of anilines is 1. The quantitative estimate of drug-likeness (QED) is 0.418. The maximum absolute atomic E-state index is 14.0. The van der Waals surface area contributed by atoms with Crippen LogP contribution in [0.25, 0.3) is 0 Å². The molecule has 12 heteroatoms. The maximum Gasteiger partial charge on any atom is 0.356 e. The molecule has 180 valence electrons. The van der Waals surface area contributed by atoms with Crippen LogP contribution in [0, 0.1) is 11.7 Å². The molecule has 0 aliphatic rings. The first-order valence-electron chi connectivity index (χ1n) is 10.1. The highest BCUT2D eigenvalue weighted by Gasteiger charge is 2.23. The van der Waals surface area contributed by atoms with Crippen molar-refractivity contribution < 1.29 is 32.2 Å². The summed E-state index contributed by atoms with van der Waals surface area (Å²) in [5.41, 5.74) is -0.406. The molecule has 0 aliphatic carbocycles. The largest absolute Gasteiger partial charge is 0.476 e. The second-order valence-corrected chi connectivity index (χ2v) is 9.48. The number of rotatable bonds is 9. The molecule has 0 saturated carbocycles. The molecule has 0 spiro atoms. The van der Waals surface area contributed by atoms with E-state index in [1.807, 2.05) is 13.8 Å². The molecule has 0 fully saturated rings. The van der Waals surface area contributed by atoms with Gasteiger partial charge in [-0.3, -0.25) is 4.79 Å². The Hall–Kier alpha value is -3.77. The van der Waals surface area contributed by atoms with E-state index in [1.54, 1.807) is 0 Å². The number of nitrogens with zero attached hydrogens (tertiary/aromatic N) is 2. The summed E-state index contributed by atoms with van der Waals surface area (Å²) >= 11 is 0. The van der Waals surface area contributed by atoms with Crippen LogP contribution in [0.4, 0.5) is 10.1 Å². The minimum Gasteiger partial charge on any atom is -0.476 e. The number of aromatic nitrogens is 2. The fourth-order valence-corrected chi connectivity index (χ4v) is 4.21. The van der Waals surface area contributed by atoms with Crippen molar-refractivity contribution in [3.05, 3.63) is 65.6 Å². The zero-order chi connectivity index (χ0) is 25.0. The summed E-state index contributed by atoms with van der Waals surface area (Å²) in [6.07, 6.45) is 0. The zero-order valence-electron chi connectivity index (χ0n) is 18.6. The van der Waals surface area contributed by atoms with E-state index in [0.29, 0.717) is 0 Å². The molecule has 1 heterocycles. The van der Waals surface area contributed by atoms with Gasteiger partial charge in [-0.15, -0.1) is 0 Å². The normalized spacial score (nSPS) is 11.4. The number of ether oxygens (including phenoxy) is 1. The molecule has 0 radical (unpaired) electrons. The number of aromatic carboxylic acids is 1. The summed E-state index contributed by atoms with van der Waals surface area (Å²) in [6.45, 7) is 3.80. The fourth-order valence-electron chi connectivity index (χ4n) is 2.84. The minimum atomic E-state index is -4.11. The van der Waals surface area contributed by atoms with Gasteiger partial charge in [-0.2, -0.15) is 5.10 Å². The van der Waals surface area contributed by atoms with Crippen LogP contribution in [-0.2, 0) is 17.1 Å². The predicted octanol–water partition coefficient (Wildman–Crippen LogP) is 3.24. The molecule has 0 saturated heterocycles. The standard InChI is InChI=1S/C22H23FN4O6S/c1-13(2)12-24-34(31,32)19-10-14(25-21(28)15-6-4-5-7-16(15)23)8-9-18(19)33-20-11-17(22(29)30)26-27(20)3/h4-11,13,24H,12H2,1-3H3,(H,25,28)(H,29,30). The number of carboxylic acids is 1. The van der Waals surface area contributed by atoms with Gasteiger partial charge in [0.2, 0.25) is 15.9 Å². The topological polar surface area (TPSA) is 140 Å². The maximum atomic E-state index is 14.0. The lowest BCUT2D eigenvalue weighted by Gasteiger charge is -2.15. The number of benzene rings is 2. The van der Waals surface area contributed by atoms with E-state index in [-0.39, 0.29) is 45.9 Å². The lowest BCUT2D eigenvalue weighted by Crippen LogP contribution is -2.28. The number of nitrogens with one attached hydrogen (secondary N) is 2. The van der Waals surface area contributed by atoms with Crippen molar-refractivity contribution in [1.82, 2.24) is 14.5 Å². The number of carbonyl (C=O) groups is 2. The van der Waals surface area contributed by atoms with Crippen LogP contribution in [0.1, 0.15) is 34.7 Å². The molecular formula is C22H23FN4O6S. The van der Waals surface area contributed by atoms with Gasteiger partial charge in [0.05, 0.1) is 5.56 Å². The number of amides is 1. The SMILES string of the molecule is CC(C)CNS(=O)(=O)c1cc(NC(=O)c2ccccc2F)ccc1Oc1cc(C(=O)O)nn1C. The highest BCUT2D eigenvalue weighted by Crippen LogP contribution is 2.32. The molecule has 3 N–H and O–H groups in total. The van der Waals surface area contributed by atoms with Crippen molar-refractivity contribution in [2.75, 3.05) is 11.9 Å². The first kappa shape index (κ1) is 24.9. The van der Waals surface area contributed by atoms with Crippen molar-refractivity contribution in [1.29, 1.82) is 0 Å². The third-order valence-electron chi connectivity index (χ3n) is 4.56. The van der Waals surface area contributed by atoms with E-state index in [4.69, 9.17) is 9.84 Å². The molecule has 2 aromatic carbocycles. The molecule has 0 aliphatic heterocycles. The molecule has 0 unspecified atom stereocenters. The monoisotopic (exact) mass is 490 g/mol. The second-order valence-electron chi connectivity index (χ2n) is 7.74. The Morgan fingerprint density at radius 2 is 1.88 bits per heavy atom. The third kappa shape index (κ3) is 5.77. The average molecular weight is 491 g/mol. The Kier molecular flexibility index (Phi) is 7.32.